The molecule has 1 heterocycles. The van der Waals surface area contributed by atoms with Crippen molar-refractivity contribution in [3.63, 3.8) is 0 Å². The Morgan fingerprint density at radius 3 is 2.00 bits per heavy atom. The van der Waals surface area contributed by atoms with Crippen LogP contribution in [-0.4, -0.2) is 19.8 Å². The third-order valence-corrected chi connectivity index (χ3v) is 5.11. The first-order valence-electron chi connectivity index (χ1n) is 6.91. The van der Waals surface area contributed by atoms with Crippen molar-refractivity contribution >= 4 is 0 Å². The molecule has 2 heteroatoms. The molecule has 3 rings (SSSR count). The maximum absolute atomic E-state index is 6.08. The first-order valence-corrected chi connectivity index (χ1v) is 6.91. The quantitative estimate of drug-likeness (QED) is 0.888. The van der Waals surface area contributed by atoms with Crippen LogP contribution in [0, 0.1) is 26.2 Å². The predicted octanol–water partition coefficient (Wildman–Crippen LogP) is 2.62. The summed E-state index contributed by atoms with van der Waals surface area (Å²) >= 11 is 0. The number of benzene rings is 1. The van der Waals surface area contributed by atoms with E-state index in [1.807, 2.05) is 0 Å². The summed E-state index contributed by atoms with van der Waals surface area (Å²) in [5, 5.41) is 0. The van der Waals surface area contributed by atoms with Gasteiger partial charge in [-0.3, -0.25) is 0 Å². The fourth-order valence-electron chi connectivity index (χ4n) is 3.99. The Bertz CT molecular complexity index is 461. The zero-order valence-corrected chi connectivity index (χ0v) is 11.7. The van der Waals surface area contributed by atoms with Crippen LogP contribution >= 0.6 is 0 Å². The molecular formula is C16H23NO. The van der Waals surface area contributed by atoms with Gasteiger partial charge in [-0.1, -0.05) is 17.7 Å². The molecule has 0 amide bonds. The molecule has 1 aliphatic carbocycles. The van der Waals surface area contributed by atoms with Gasteiger partial charge in [0.05, 0.1) is 13.2 Å². The lowest BCUT2D eigenvalue weighted by molar-refractivity contribution is -0.0979. The smallest absolute Gasteiger partial charge is 0.0591 e. The lowest BCUT2D eigenvalue weighted by Gasteiger charge is -2.49. The fraction of sp³-hybridized carbons (Fsp3) is 0.625. The lowest BCUT2D eigenvalue weighted by Crippen LogP contribution is -2.56. The summed E-state index contributed by atoms with van der Waals surface area (Å²) in [6.07, 6.45) is 2.53. The monoisotopic (exact) mass is 245 g/mol. The summed E-state index contributed by atoms with van der Waals surface area (Å²) in [6.45, 7) is 9.15. The van der Waals surface area contributed by atoms with Gasteiger partial charge in [-0.05, 0) is 62.3 Å². The Morgan fingerprint density at radius 1 is 1.11 bits per heavy atom. The van der Waals surface area contributed by atoms with Crippen LogP contribution in [0.5, 0.6) is 0 Å². The van der Waals surface area contributed by atoms with Gasteiger partial charge in [0.1, 0.15) is 0 Å². The Morgan fingerprint density at radius 2 is 1.67 bits per heavy atom. The zero-order valence-electron chi connectivity index (χ0n) is 11.7. The van der Waals surface area contributed by atoms with Gasteiger partial charge in [-0.15, -0.1) is 0 Å². The van der Waals surface area contributed by atoms with E-state index in [1.165, 1.54) is 35.1 Å². The van der Waals surface area contributed by atoms with Crippen molar-refractivity contribution in [3.8, 4) is 0 Å². The second-order valence-corrected chi connectivity index (χ2v) is 6.33. The molecule has 1 saturated heterocycles. The first-order chi connectivity index (χ1) is 8.55. The summed E-state index contributed by atoms with van der Waals surface area (Å²) in [4.78, 5) is 0. The van der Waals surface area contributed by atoms with E-state index in [0.29, 0.717) is 5.41 Å². The summed E-state index contributed by atoms with van der Waals surface area (Å²) < 4.78 is 5.61. The van der Waals surface area contributed by atoms with Gasteiger partial charge in [-0.2, -0.15) is 0 Å². The Hall–Kier alpha value is -0.860. The first kappa shape index (κ1) is 12.2. The van der Waals surface area contributed by atoms with Gasteiger partial charge >= 0.3 is 0 Å². The average molecular weight is 245 g/mol. The molecule has 98 valence electrons. The predicted molar refractivity (Wildman–Crippen MR) is 73.9 cm³/mol. The van der Waals surface area contributed by atoms with Crippen LogP contribution in [-0.2, 0) is 10.2 Å². The number of hydrogen-bond acceptors (Lipinski definition) is 2. The van der Waals surface area contributed by atoms with Crippen molar-refractivity contribution in [2.24, 2.45) is 11.1 Å². The van der Waals surface area contributed by atoms with E-state index in [2.05, 4.69) is 32.9 Å². The SMILES string of the molecule is Cc1cc(C)c(C2(C3(CN)CC3)COC2)c(C)c1. The Balaban J connectivity index is 2.13. The van der Waals surface area contributed by atoms with E-state index in [9.17, 15) is 0 Å². The standard InChI is InChI=1S/C16H23NO/c1-11-6-12(2)14(13(3)7-11)16(9-18-10-16)15(8-17)4-5-15/h6-7H,4-5,8-10,17H2,1-3H3. The van der Waals surface area contributed by atoms with Crippen molar-refractivity contribution in [1.29, 1.82) is 0 Å². The molecule has 1 aromatic carbocycles. The van der Waals surface area contributed by atoms with Crippen molar-refractivity contribution < 1.29 is 4.74 Å². The summed E-state index contributed by atoms with van der Waals surface area (Å²) in [7, 11) is 0. The Kier molecular flexibility index (Phi) is 2.58. The molecular weight excluding hydrogens is 222 g/mol. The molecule has 2 nitrogen and oxygen atoms in total. The lowest BCUT2D eigenvalue weighted by atomic mass is 9.63. The fourth-order valence-corrected chi connectivity index (χ4v) is 3.99. The minimum Gasteiger partial charge on any atom is -0.379 e. The van der Waals surface area contributed by atoms with E-state index in [0.717, 1.165) is 19.8 Å². The highest BCUT2D eigenvalue weighted by molar-refractivity contribution is 5.47. The third-order valence-electron chi connectivity index (χ3n) is 5.11. The Labute approximate surface area is 110 Å². The third kappa shape index (κ3) is 1.42. The van der Waals surface area contributed by atoms with E-state index < -0.39 is 0 Å². The van der Waals surface area contributed by atoms with Crippen LogP contribution < -0.4 is 5.73 Å². The second-order valence-electron chi connectivity index (χ2n) is 6.33. The van der Waals surface area contributed by atoms with Crippen LogP contribution in [0.1, 0.15) is 35.1 Å². The summed E-state index contributed by atoms with van der Waals surface area (Å²) in [5.74, 6) is 0. The number of rotatable bonds is 3. The van der Waals surface area contributed by atoms with Crippen molar-refractivity contribution in [1.82, 2.24) is 0 Å². The maximum Gasteiger partial charge on any atom is 0.0591 e. The molecule has 0 aromatic heterocycles. The van der Waals surface area contributed by atoms with Gasteiger partial charge in [0, 0.05) is 5.41 Å². The van der Waals surface area contributed by atoms with Gasteiger partial charge in [-0.25, -0.2) is 0 Å². The molecule has 0 spiro atoms. The topological polar surface area (TPSA) is 35.2 Å². The highest BCUT2D eigenvalue weighted by atomic mass is 16.5. The van der Waals surface area contributed by atoms with Crippen LogP contribution in [0.25, 0.3) is 0 Å². The minimum atomic E-state index is 0.198. The molecule has 1 aromatic rings. The molecule has 2 aliphatic rings. The zero-order chi connectivity index (χ0) is 13.0. The number of hydrogen-bond donors (Lipinski definition) is 1. The molecule has 0 bridgehead atoms. The normalized spacial score (nSPS) is 23.6. The molecule has 1 saturated carbocycles. The molecule has 1 aliphatic heterocycles. The van der Waals surface area contributed by atoms with Crippen LogP contribution in [0.4, 0.5) is 0 Å². The summed E-state index contributed by atoms with van der Waals surface area (Å²) in [5.41, 5.74) is 12.3. The van der Waals surface area contributed by atoms with Gasteiger partial charge in [0.25, 0.3) is 0 Å². The molecule has 0 unspecified atom stereocenters. The van der Waals surface area contributed by atoms with Crippen molar-refractivity contribution in [2.75, 3.05) is 19.8 Å². The molecule has 2 fully saturated rings. The second kappa shape index (κ2) is 3.82. The number of aryl methyl sites for hydroxylation is 3. The van der Waals surface area contributed by atoms with Crippen LogP contribution in [0.3, 0.4) is 0 Å². The van der Waals surface area contributed by atoms with Crippen LogP contribution in [0.2, 0.25) is 0 Å². The van der Waals surface area contributed by atoms with Gasteiger partial charge in [0.2, 0.25) is 0 Å². The molecule has 2 N–H and O–H groups in total. The van der Waals surface area contributed by atoms with Crippen LogP contribution in [0.15, 0.2) is 12.1 Å². The highest BCUT2D eigenvalue weighted by Crippen LogP contribution is 2.62. The highest BCUT2D eigenvalue weighted by Gasteiger charge is 2.63. The molecule has 0 radical (unpaired) electrons. The van der Waals surface area contributed by atoms with Crippen molar-refractivity contribution in [3.05, 3.63) is 34.4 Å². The molecule has 0 atom stereocenters. The maximum atomic E-state index is 6.08. The molecule has 18 heavy (non-hydrogen) atoms. The van der Waals surface area contributed by atoms with E-state index in [1.54, 1.807) is 0 Å². The van der Waals surface area contributed by atoms with Gasteiger partial charge in [0.15, 0.2) is 0 Å². The minimum absolute atomic E-state index is 0.198. The van der Waals surface area contributed by atoms with E-state index >= 15 is 0 Å². The largest absolute Gasteiger partial charge is 0.379 e. The average Bonchev–Trinajstić information content (AvgIpc) is 3.01. The number of ether oxygens (including phenoxy) is 1. The summed E-state index contributed by atoms with van der Waals surface area (Å²) in [6, 6.07) is 4.60. The van der Waals surface area contributed by atoms with E-state index in [-0.39, 0.29) is 5.41 Å². The van der Waals surface area contributed by atoms with Crippen molar-refractivity contribution in [2.45, 2.75) is 39.0 Å². The van der Waals surface area contributed by atoms with E-state index in [4.69, 9.17) is 10.5 Å². The van der Waals surface area contributed by atoms with Gasteiger partial charge < -0.3 is 10.5 Å². The number of nitrogens with two attached hydrogens (primary N) is 1.